The van der Waals surface area contributed by atoms with Gasteiger partial charge in [-0.25, -0.2) is 0 Å². The van der Waals surface area contributed by atoms with Crippen molar-refractivity contribution in [3.63, 3.8) is 0 Å². The normalized spacial score (nSPS) is 10.0. The molecule has 0 aliphatic heterocycles. The highest BCUT2D eigenvalue weighted by Gasteiger charge is 2.17. The van der Waals surface area contributed by atoms with Crippen LogP contribution in [0, 0.1) is 0 Å². The molecule has 0 spiro atoms. The maximum Gasteiger partial charge on any atom is 0.251 e. The largest absolute Gasteiger partial charge is 0.497 e. The van der Waals surface area contributed by atoms with E-state index in [-0.39, 0.29) is 12.5 Å². The molecular formula is C19H23NO6. The summed E-state index contributed by atoms with van der Waals surface area (Å²) in [6, 6.07) is 8.59. The van der Waals surface area contributed by atoms with Gasteiger partial charge in [-0.15, -0.1) is 0 Å². The second-order valence-corrected chi connectivity index (χ2v) is 5.27. The summed E-state index contributed by atoms with van der Waals surface area (Å²) in [7, 11) is 7.67. The van der Waals surface area contributed by atoms with Crippen LogP contribution in [0.2, 0.25) is 0 Å². The Balaban J connectivity index is 2.23. The number of hydrogen-bond acceptors (Lipinski definition) is 6. The number of amides is 1. The van der Waals surface area contributed by atoms with Gasteiger partial charge in [0.25, 0.3) is 5.91 Å². The van der Waals surface area contributed by atoms with Crippen LogP contribution in [0.1, 0.15) is 15.9 Å². The van der Waals surface area contributed by atoms with E-state index < -0.39 is 0 Å². The summed E-state index contributed by atoms with van der Waals surface area (Å²) >= 11 is 0. The molecule has 0 aliphatic carbocycles. The van der Waals surface area contributed by atoms with E-state index in [1.54, 1.807) is 38.5 Å². The van der Waals surface area contributed by atoms with E-state index in [9.17, 15) is 4.79 Å². The molecule has 1 amide bonds. The van der Waals surface area contributed by atoms with Gasteiger partial charge in [0.2, 0.25) is 5.75 Å². The number of rotatable bonds is 8. The first kappa shape index (κ1) is 19.2. The number of carbonyl (C=O) groups excluding carboxylic acids is 1. The zero-order valence-corrected chi connectivity index (χ0v) is 15.5. The van der Waals surface area contributed by atoms with E-state index in [1.807, 2.05) is 6.07 Å². The molecule has 2 aromatic rings. The molecule has 140 valence electrons. The van der Waals surface area contributed by atoms with Gasteiger partial charge in [0.05, 0.1) is 35.5 Å². The van der Waals surface area contributed by atoms with E-state index in [4.69, 9.17) is 23.7 Å². The van der Waals surface area contributed by atoms with Crippen LogP contribution in [0.4, 0.5) is 0 Å². The Kier molecular flexibility index (Phi) is 6.54. The van der Waals surface area contributed by atoms with Gasteiger partial charge in [-0.2, -0.15) is 0 Å². The standard InChI is InChI=1S/C19H23NO6/c1-22-14-6-7-15(23-2)13(8-14)11-20-19(21)12-9-16(24-3)18(26-5)17(10-12)25-4/h6-10H,11H2,1-5H3,(H,20,21). The van der Waals surface area contributed by atoms with E-state index in [2.05, 4.69) is 5.32 Å². The molecule has 2 rings (SSSR count). The minimum Gasteiger partial charge on any atom is -0.497 e. The van der Waals surface area contributed by atoms with Crippen LogP contribution in [0.15, 0.2) is 30.3 Å². The van der Waals surface area contributed by atoms with Gasteiger partial charge in [-0.3, -0.25) is 4.79 Å². The Morgan fingerprint density at radius 2 is 1.42 bits per heavy atom. The van der Waals surface area contributed by atoms with Crippen molar-refractivity contribution in [1.29, 1.82) is 0 Å². The lowest BCUT2D eigenvalue weighted by molar-refractivity contribution is 0.0950. The van der Waals surface area contributed by atoms with Crippen LogP contribution in [0.3, 0.4) is 0 Å². The number of ether oxygens (including phenoxy) is 5. The van der Waals surface area contributed by atoms with E-state index in [1.165, 1.54) is 21.3 Å². The van der Waals surface area contributed by atoms with Gasteiger partial charge in [-0.1, -0.05) is 0 Å². The molecule has 0 atom stereocenters. The van der Waals surface area contributed by atoms with Crippen molar-refractivity contribution in [2.45, 2.75) is 6.54 Å². The topological polar surface area (TPSA) is 75.3 Å². The van der Waals surface area contributed by atoms with Crippen molar-refractivity contribution < 1.29 is 28.5 Å². The summed E-state index contributed by atoms with van der Waals surface area (Å²) in [6.45, 7) is 0.274. The third-order valence-electron chi connectivity index (χ3n) is 3.85. The summed E-state index contributed by atoms with van der Waals surface area (Å²) in [5.41, 5.74) is 1.19. The molecule has 2 aromatic carbocycles. The highest BCUT2D eigenvalue weighted by molar-refractivity contribution is 5.95. The fourth-order valence-electron chi connectivity index (χ4n) is 2.51. The summed E-state index contributed by atoms with van der Waals surface area (Å²) < 4.78 is 26.4. The predicted octanol–water partition coefficient (Wildman–Crippen LogP) is 2.66. The molecule has 0 unspecified atom stereocenters. The van der Waals surface area contributed by atoms with Gasteiger partial charge in [0.1, 0.15) is 11.5 Å². The zero-order valence-electron chi connectivity index (χ0n) is 15.5. The maximum atomic E-state index is 12.6. The van der Waals surface area contributed by atoms with Crippen LogP contribution in [-0.2, 0) is 6.54 Å². The van der Waals surface area contributed by atoms with Crippen LogP contribution in [0.5, 0.6) is 28.7 Å². The van der Waals surface area contributed by atoms with Crippen LogP contribution < -0.4 is 29.0 Å². The minimum absolute atomic E-state index is 0.274. The van der Waals surface area contributed by atoms with Crippen molar-refractivity contribution in [2.24, 2.45) is 0 Å². The van der Waals surface area contributed by atoms with Gasteiger partial charge >= 0.3 is 0 Å². The highest BCUT2D eigenvalue weighted by Crippen LogP contribution is 2.38. The first-order valence-corrected chi connectivity index (χ1v) is 7.87. The summed E-state index contributed by atoms with van der Waals surface area (Å²) in [6.07, 6.45) is 0. The van der Waals surface area contributed by atoms with Gasteiger partial charge in [0.15, 0.2) is 11.5 Å². The Bertz CT molecular complexity index is 750. The Labute approximate surface area is 152 Å². The fourth-order valence-corrected chi connectivity index (χ4v) is 2.51. The van der Waals surface area contributed by atoms with Crippen LogP contribution >= 0.6 is 0 Å². The zero-order chi connectivity index (χ0) is 19.1. The van der Waals surface area contributed by atoms with E-state index >= 15 is 0 Å². The van der Waals surface area contributed by atoms with E-state index in [0.717, 1.165) is 5.56 Å². The molecule has 0 aromatic heterocycles. The lowest BCUT2D eigenvalue weighted by Gasteiger charge is -2.15. The molecule has 0 saturated carbocycles. The van der Waals surface area contributed by atoms with Crippen molar-refractivity contribution >= 4 is 5.91 Å². The molecule has 7 heteroatoms. The average molecular weight is 361 g/mol. The van der Waals surface area contributed by atoms with E-state index in [0.29, 0.717) is 34.3 Å². The third kappa shape index (κ3) is 4.11. The van der Waals surface area contributed by atoms with Crippen molar-refractivity contribution in [3.05, 3.63) is 41.5 Å². The number of nitrogens with one attached hydrogen (secondary N) is 1. The highest BCUT2D eigenvalue weighted by atomic mass is 16.5. The molecule has 1 N–H and O–H groups in total. The van der Waals surface area contributed by atoms with Crippen LogP contribution in [0.25, 0.3) is 0 Å². The molecule has 0 fully saturated rings. The SMILES string of the molecule is COc1ccc(OC)c(CNC(=O)c2cc(OC)c(OC)c(OC)c2)c1. The second kappa shape index (κ2) is 8.84. The predicted molar refractivity (Wildman–Crippen MR) is 96.8 cm³/mol. The summed E-state index contributed by atoms with van der Waals surface area (Å²) in [5, 5.41) is 2.85. The molecule has 0 heterocycles. The van der Waals surface area contributed by atoms with Crippen molar-refractivity contribution in [1.82, 2.24) is 5.32 Å². The van der Waals surface area contributed by atoms with Crippen molar-refractivity contribution in [3.8, 4) is 28.7 Å². The number of methoxy groups -OCH3 is 5. The Morgan fingerprint density at radius 3 is 1.92 bits per heavy atom. The second-order valence-electron chi connectivity index (χ2n) is 5.27. The molecule has 0 radical (unpaired) electrons. The van der Waals surface area contributed by atoms with Gasteiger partial charge in [0, 0.05) is 17.7 Å². The third-order valence-corrected chi connectivity index (χ3v) is 3.85. The minimum atomic E-state index is -0.283. The molecule has 7 nitrogen and oxygen atoms in total. The molecule has 26 heavy (non-hydrogen) atoms. The molecule has 0 bridgehead atoms. The number of hydrogen-bond donors (Lipinski definition) is 1. The van der Waals surface area contributed by atoms with Crippen LogP contribution in [-0.4, -0.2) is 41.5 Å². The Hall–Kier alpha value is -3.09. The summed E-state index contributed by atoms with van der Waals surface area (Å²) in [4.78, 5) is 12.6. The Morgan fingerprint density at radius 1 is 0.808 bits per heavy atom. The smallest absolute Gasteiger partial charge is 0.251 e. The number of benzene rings is 2. The van der Waals surface area contributed by atoms with Gasteiger partial charge < -0.3 is 29.0 Å². The molecule has 0 saturated heterocycles. The lowest BCUT2D eigenvalue weighted by atomic mass is 10.1. The number of carbonyl (C=O) groups is 1. The fraction of sp³-hybridized carbons (Fsp3) is 0.316. The van der Waals surface area contributed by atoms with Gasteiger partial charge in [-0.05, 0) is 30.3 Å². The lowest BCUT2D eigenvalue weighted by Crippen LogP contribution is -2.23. The molecule has 0 aliphatic rings. The first-order chi connectivity index (χ1) is 12.6. The monoisotopic (exact) mass is 361 g/mol. The van der Waals surface area contributed by atoms with Crippen molar-refractivity contribution in [2.75, 3.05) is 35.5 Å². The first-order valence-electron chi connectivity index (χ1n) is 7.87. The summed E-state index contributed by atoms with van der Waals surface area (Å²) in [5.74, 6) is 2.32. The average Bonchev–Trinajstić information content (AvgIpc) is 2.70. The molecular weight excluding hydrogens is 338 g/mol. The quantitative estimate of drug-likeness (QED) is 0.779. The maximum absolute atomic E-state index is 12.6.